The summed E-state index contributed by atoms with van der Waals surface area (Å²) in [6, 6.07) is 7.08. The zero-order chi connectivity index (χ0) is 21.7. The zero-order valence-corrected chi connectivity index (χ0v) is 19.1. The lowest BCUT2D eigenvalue weighted by molar-refractivity contribution is -0.123. The van der Waals surface area contributed by atoms with Crippen LogP contribution in [-0.4, -0.2) is 55.7 Å². The van der Waals surface area contributed by atoms with Crippen LogP contribution in [0.1, 0.15) is 20.8 Å². The summed E-state index contributed by atoms with van der Waals surface area (Å²) >= 11 is 2.70. The quantitative estimate of drug-likeness (QED) is 0.627. The number of thiophene rings is 1. The number of carbonyl (C=O) groups excluding carboxylic acids is 2. The molecule has 162 valence electrons. The average Bonchev–Trinajstić information content (AvgIpc) is 3.24. The fourth-order valence-corrected chi connectivity index (χ4v) is 6.69. The van der Waals surface area contributed by atoms with Gasteiger partial charge in [0.25, 0.3) is 11.8 Å². The van der Waals surface area contributed by atoms with Crippen LogP contribution in [0, 0.1) is 13.8 Å². The van der Waals surface area contributed by atoms with E-state index in [-0.39, 0.29) is 16.4 Å². The molecule has 0 radical (unpaired) electrons. The van der Waals surface area contributed by atoms with Crippen LogP contribution in [0.4, 0.5) is 0 Å². The van der Waals surface area contributed by atoms with Gasteiger partial charge in [0.15, 0.2) is 6.61 Å². The van der Waals surface area contributed by atoms with E-state index in [0.717, 1.165) is 34.0 Å². The van der Waals surface area contributed by atoms with Crippen LogP contribution in [-0.2, 0) is 14.8 Å². The molecule has 1 aliphatic heterocycles. The first kappa shape index (κ1) is 22.6. The maximum absolute atomic E-state index is 12.9. The van der Waals surface area contributed by atoms with E-state index in [9.17, 15) is 18.0 Å². The molecule has 8 nitrogen and oxygen atoms in total. The molecule has 1 fully saturated rings. The Kier molecular flexibility index (Phi) is 7.40. The Hall–Kier alpha value is -2.08. The molecule has 1 aromatic heterocycles. The number of carbonyl (C=O) groups is 2. The predicted molar refractivity (Wildman–Crippen MR) is 117 cm³/mol. The molecule has 0 bridgehead atoms. The Morgan fingerprint density at radius 1 is 1.13 bits per heavy atom. The lowest BCUT2D eigenvalue weighted by atomic mass is 10.1. The average molecular weight is 470 g/mol. The summed E-state index contributed by atoms with van der Waals surface area (Å²) < 4.78 is 32.6. The third-order valence-corrected chi connectivity index (χ3v) is 8.37. The van der Waals surface area contributed by atoms with Crippen molar-refractivity contribution < 1.29 is 22.7 Å². The van der Waals surface area contributed by atoms with Crippen LogP contribution in [0.2, 0.25) is 0 Å². The van der Waals surface area contributed by atoms with Gasteiger partial charge in [-0.1, -0.05) is 12.1 Å². The molecule has 2 aromatic rings. The molecule has 1 aromatic carbocycles. The highest BCUT2D eigenvalue weighted by Crippen LogP contribution is 2.27. The maximum Gasteiger partial charge on any atom is 0.281 e. The van der Waals surface area contributed by atoms with E-state index in [1.165, 1.54) is 10.4 Å². The minimum Gasteiger partial charge on any atom is -0.483 e. The Labute approximate surface area is 184 Å². The molecule has 30 heavy (non-hydrogen) atoms. The molecule has 11 heteroatoms. The minimum atomic E-state index is -3.76. The first-order chi connectivity index (χ1) is 14.3. The predicted octanol–water partition coefficient (Wildman–Crippen LogP) is 1.94. The third kappa shape index (κ3) is 5.34. The molecule has 2 amide bonds. The summed E-state index contributed by atoms with van der Waals surface area (Å²) in [6.07, 6.45) is 0. The summed E-state index contributed by atoms with van der Waals surface area (Å²) in [6.45, 7) is 4.33. The van der Waals surface area contributed by atoms with Gasteiger partial charge in [-0.25, -0.2) is 8.42 Å². The standard InChI is InChI=1S/C19H23N3O5S3/c1-13-3-4-14(2)15(11-13)27-12-17(23)20-21-19(24)18-16(5-8-29-18)30(25,26)22-6-9-28-10-7-22/h3-5,8,11H,6-7,9-10,12H2,1-2H3,(H,20,23)(H,21,24). The number of benzene rings is 1. The van der Waals surface area contributed by atoms with Gasteiger partial charge in [-0.3, -0.25) is 20.4 Å². The van der Waals surface area contributed by atoms with Gasteiger partial charge in [0, 0.05) is 24.6 Å². The monoisotopic (exact) mass is 469 g/mol. The van der Waals surface area contributed by atoms with Crippen LogP contribution >= 0.6 is 23.1 Å². The van der Waals surface area contributed by atoms with E-state index >= 15 is 0 Å². The molecule has 0 atom stereocenters. The van der Waals surface area contributed by atoms with Gasteiger partial charge in [-0.15, -0.1) is 11.3 Å². The molecular weight excluding hydrogens is 446 g/mol. The van der Waals surface area contributed by atoms with Crippen molar-refractivity contribution in [3.63, 3.8) is 0 Å². The number of amides is 2. The van der Waals surface area contributed by atoms with Crippen molar-refractivity contribution in [1.29, 1.82) is 0 Å². The van der Waals surface area contributed by atoms with Crippen LogP contribution in [0.25, 0.3) is 0 Å². The van der Waals surface area contributed by atoms with Crippen molar-refractivity contribution in [2.24, 2.45) is 0 Å². The van der Waals surface area contributed by atoms with Gasteiger partial charge >= 0.3 is 0 Å². The number of nitrogens with one attached hydrogen (secondary N) is 2. The number of hydrogen-bond donors (Lipinski definition) is 2. The van der Waals surface area contributed by atoms with Gasteiger partial charge in [-0.2, -0.15) is 16.1 Å². The minimum absolute atomic E-state index is 0.0315. The van der Waals surface area contributed by atoms with E-state index in [0.29, 0.717) is 18.8 Å². The van der Waals surface area contributed by atoms with E-state index in [1.807, 2.05) is 32.0 Å². The van der Waals surface area contributed by atoms with Crippen molar-refractivity contribution >= 4 is 44.9 Å². The van der Waals surface area contributed by atoms with Gasteiger partial charge < -0.3 is 4.74 Å². The van der Waals surface area contributed by atoms with E-state index in [4.69, 9.17) is 4.74 Å². The summed E-state index contributed by atoms with van der Waals surface area (Å²) in [7, 11) is -3.76. The normalized spacial score (nSPS) is 14.9. The molecule has 0 saturated carbocycles. The summed E-state index contributed by atoms with van der Waals surface area (Å²) in [5.74, 6) is 0.791. The van der Waals surface area contributed by atoms with Crippen molar-refractivity contribution in [1.82, 2.24) is 15.2 Å². The lowest BCUT2D eigenvalue weighted by Gasteiger charge is -2.25. The number of hydrogen-bond acceptors (Lipinski definition) is 7. The second-order valence-corrected chi connectivity index (χ2v) is 10.7. The Balaban J connectivity index is 1.58. The van der Waals surface area contributed by atoms with Crippen molar-refractivity contribution in [2.75, 3.05) is 31.2 Å². The Morgan fingerprint density at radius 2 is 1.87 bits per heavy atom. The highest BCUT2D eigenvalue weighted by atomic mass is 32.2. The van der Waals surface area contributed by atoms with Gasteiger partial charge in [-0.05, 0) is 42.5 Å². The molecule has 0 aliphatic carbocycles. The molecule has 0 spiro atoms. The highest BCUT2D eigenvalue weighted by molar-refractivity contribution is 7.99. The lowest BCUT2D eigenvalue weighted by Crippen LogP contribution is -2.44. The van der Waals surface area contributed by atoms with Gasteiger partial charge in [0.1, 0.15) is 15.5 Å². The van der Waals surface area contributed by atoms with Crippen LogP contribution in [0.15, 0.2) is 34.5 Å². The third-order valence-electron chi connectivity index (χ3n) is 4.44. The molecule has 0 unspecified atom stereocenters. The smallest absolute Gasteiger partial charge is 0.281 e. The number of thioether (sulfide) groups is 1. The van der Waals surface area contributed by atoms with Crippen LogP contribution < -0.4 is 15.6 Å². The molecule has 2 N–H and O–H groups in total. The first-order valence-corrected chi connectivity index (χ1v) is 12.7. The Bertz CT molecular complexity index is 1030. The van der Waals surface area contributed by atoms with Crippen molar-refractivity contribution in [2.45, 2.75) is 18.7 Å². The SMILES string of the molecule is Cc1ccc(C)c(OCC(=O)NNC(=O)c2sccc2S(=O)(=O)N2CCSCC2)c1. The fourth-order valence-electron chi connectivity index (χ4n) is 2.82. The molecule has 2 heterocycles. The zero-order valence-electron chi connectivity index (χ0n) is 16.6. The van der Waals surface area contributed by atoms with Crippen molar-refractivity contribution in [3.8, 4) is 5.75 Å². The van der Waals surface area contributed by atoms with Crippen LogP contribution in [0.3, 0.4) is 0 Å². The van der Waals surface area contributed by atoms with Gasteiger partial charge in [0.05, 0.1) is 0 Å². The first-order valence-electron chi connectivity index (χ1n) is 9.23. The number of rotatable bonds is 6. The van der Waals surface area contributed by atoms with E-state index < -0.39 is 21.8 Å². The van der Waals surface area contributed by atoms with E-state index in [2.05, 4.69) is 10.9 Å². The number of hydrazine groups is 1. The summed E-state index contributed by atoms with van der Waals surface area (Å²) in [4.78, 5) is 24.5. The number of nitrogens with zero attached hydrogens (tertiary/aromatic N) is 1. The summed E-state index contributed by atoms with van der Waals surface area (Å²) in [5.41, 5.74) is 6.43. The number of aryl methyl sites for hydroxylation is 2. The van der Waals surface area contributed by atoms with Crippen LogP contribution in [0.5, 0.6) is 5.75 Å². The fraction of sp³-hybridized carbons (Fsp3) is 0.368. The second-order valence-electron chi connectivity index (χ2n) is 6.69. The summed E-state index contributed by atoms with van der Waals surface area (Å²) in [5, 5.41) is 1.55. The highest BCUT2D eigenvalue weighted by Gasteiger charge is 2.31. The largest absolute Gasteiger partial charge is 0.483 e. The molecular formula is C19H23N3O5S3. The number of ether oxygens (including phenoxy) is 1. The van der Waals surface area contributed by atoms with Gasteiger partial charge in [0.2, 0.25) is 10.0 Å². The molecule has 1 aliphatic rings. The van der Waals surface area contributed by atoms with Crippen molar-refractivity contribution in [3.05, 3.63) is 45.6 Å². The second kappa shape index (κ2) is 9.82. The molecule has 1 saturated heterocycles. The molecule has 3 rings (SSSR count). The maximum atomic E-state index is 12.9. The van der Waals surface area contributed by atoms with E-state index in [1.54, 1.807) is 17.1 Å². The Morgan fingerprint density at radius 3 is 2.60 bits per heavy atom. The topological polar surface area (TPSA) is 105 Å². The number of sulfonamides is 1.